The third-order valence-corrected chi connectivity index (χ3v) is 3.70. The monoisotopic (exact) mass is 221 g/mol. The van der Waals surface area contributed by atoms with Crippen molar-refractivity contribution in [1.29, 1.82) is 0 Å². The Hall–Kier alpha value is -0.940. The summed E-state index contributed by atoms with van der Waals surface area (Å²) in [5.41, 5.74) is 6.05. The van der Waals surface area contributed by atoms with Crippen molar-refractivity contribution in [3.8, 4) is 0 Å². The van der Waals surface area contributed by atoms with Gasteiger partial charge in [0, 0.05) is 19.0 Å². The van der Waals surface area contributed by atoms with Crippen LogP contribution in [0.3, 0.4) is 0 Å². The van der Waals surface area contributed by atoms with E-state index < -0.39 is 0 Å². The number of hydrogen-bond donors (Lipinski definition) is 2. The zero-order chi connectivity index (χ0) is 11.0. The van der Waals surface area contributed by atoms with Crippen LogP contribution in [0.5, 0.6) is 0 Å². The SMILES string of the molecule is NC1CCCn2c1nnc2C1CCCNC1. The number of aromatic nitrogens is 3. The van der Waals surface area contributed by atoms with Gasteiger partial charge in [0.25, 0.3) is 0 Å². The largest absolute Gasteiger partial charge is 0.321 e. The Labute approximate surface area is 95.4 Å². The number of fused-ring (bicyclic) bond motifs is 1. The maximum absolute atomic E-state index is 6.05. The lowest BCUT2D eigenvalue weighted by Crippen LogP contribution is -2.31. The van der Waals surface area contributed by atoms with E-state index in [1.165, 1.54) is 12.8 Å². The summed E-state index contributed by atoms with van der Waals surface area (Å²) in [7, 11) is 0. The van der Waals surface area contributed by atoms with Crippen molar-refractivity contribution in [2.45, 2.75) is 44.2 Å². The van der Waals surface area contributed by atoms with E-state index in [0.717, 1.165) is 44.1 Å². The summed E-state index contributed by atoms with van der Waals surface area (Å²) in [6.07, 6.45) is 4.65. The van der Waals surface area contributed by atoms with Crippen LogP contribution in [0.2, 0.25) is 0 Å². The molecule has 3 rings (SSSR count). The Kier molecular flexibility index (Phi) is 2.65. The van der Waals surface area contributed by atoms with Gasteiger partial charge in [-0.3, -0.25) is 0 Å². The molecule has 0 radical (unpaired) electrons. The van der Waals surface area contributed by atoms with Crippen LogP contribution in [-0.4, -0.2) is 27.9 Å². The molecular weight excluding hydrogens is 202 g/mol. The second kappa shape index (κ2) is 4.14. The minimum atomic E-state index is 0.0894. The van der Waals surface area contributed by atoms with Gasteiger partial charge in [0.05, 0.1) is 6.04 Å². The lowest BCUT2D eigenvalue weighted by molar-refractivity contribution is 0.400. The number of nitrogens with one attached hydrogen (secondary N) is 1. The normalized spacial score (nSPS) is 30.1. The molecule has 3 N–H and O–H groups in total. The van der Waals surface area contributed by atoms with E-state index in [1.54, 1.807) is 0 Å². The van der Waals surface area contributed by atoms with Gasteiger partial charge < -0.3 is 15.6 Å². The number of nitrogens with zero attached hydrogens (tertiary/aromatic N) is 3. The highest BCUT2D eigenvalue weighted by Crippen LogP contribution is 2.28. The Bertz CT molecular complexity index is 366. The Morgan fingerprint density at radius 2 is 2.06 bits per heavy atom. The predicted octanol–water partition coefficient (Wildman–Crippen LogP) is 0.539. The topological polar surface area (TPSA) is 68.8 Å². The predicted molar refractivity (Wildman–Crippen MR) is 61.0 cm³/mol. The Balaban J connectivity index is 1.89. The molecule has 0 saturated carbocycles. The molecule has 0 spiro atoms. The van der Waals surface area contributed by atoms with Crippen molar-refractivity contribution in [3.05, 3.63) is 11.6 Å². The molecule has 3 heterocycles. The highest BCUT2D eigenvalue weighted by Gasteiger charge is 2.27. The van der Waals surface area contributed by atoms with E-state index in [1.807, 2.05) is 0 Å². The number of piperidine rings is 1. The van der Waals surface area contributed by atoms with E-state index in [-0.39, 0.29) is 6.04 Å². The van der Waals surface area contributed by atoms with Gasteiger partial charge in [0.15, 0.2) is 0 Å². The van der Waals surface area contributed by atoms with Crippen LogP contribution in [0.4, 0.5) is 0 Å². The third kappa shape index (κ3) is 1.64. The van der Waals surface area contributed by atoms with Crippen molar-refractivity contribution in [2.75, 3.05) is 13.1 Å². The molecule has 16 heavy (non-hydrogen) atoms. The first kappa shape index (κ1) is 10.2. The minimum Gasteiger partial charge on any atom is -0.321 e. The molecular formula is C11H19N5. The van der Waals surface area contributed by atoms with Crippen molar-refractivity contribution in [3.63, 3.8) is 0 Å². The van der Waals surface area contributed by atoms with Crippen LogP contribution in [0.1, 0.15) is 49.3 Å². The molecule has 0 aliphatic carbocycles. The minimum absolute atomic E-state index is 0.0894. The van der Waals surface area contributed by atoms with Gasteiger partial charge >= 0.3 is 0 Å². The number of rotatable bonds is 1. The zero-order valence-corrected chi connectivity index (χ0v) is 9.52. The van der Waals surface area contributed by atoms with E-state index in [2.05, 4.69) is 20.1 Å². The summed E-state index contributed by atoms with van der Waals surface area (Å²) >= 11 is 0. The molecule has 1 aromatic rings. The standard InChI is InChI=1S/C11H19N5/c12-9-4-2-6-16-10(14-15-11(9)16)8-3-1-5-13-7-8/h8-9,13H,1-7,12H2. The van der Waals surface area contributed by atoms with Crippen molar-refractivity contribution in [1.82, 2.24) is 20.1 Å². The van der Waals surface area contributed by atoms with Gasteiger partial charge in [-0.05, 0) is 32.2 Å². The van der Waals surface area contributed by atoms with E-state index in [4.69, 9.17) is 5.73 Å². The quantitative estimate of drug-likeness (QED) is 0.726. The fraction of sp³-hybridized carbons (Fsp3) is 0.818. The number of hydrogen-bond acceptors (Lipinski definition) is 4. The average Bonchev–Trinajstić information content (AvgIpc) is 2.75. The Morgan fingerprint density at radius 3 is 2.88 bits per heavy atom. The van der Waals surface area contributed by atoms with Crippen LogP contribution in [0.15, 0.2) is 0 Å². The molecule has 2 unspecified atom stereocenters. The molecule has 0 aromatic carbocycles. The van der Waals surface area contributed by atoms with Gasteiger partial charge in [-0.25, -0.2) is 0 Å². The molecule has 2 aliphatic rings. The van der Waals surface area contributed by atoms with E-state index >= 15 is 0 Å². The molecule has 1 saturated heterocycles. The summed E-state index contributed by atoms with van der Waals surface area (Å²) < 4.78 is 2.26. The lowest BCUT2D eigenvalue weighted by atomic mass is 9.98. The summed E-state index contributed by atoms with van der Waals surface area (Å²) in [6, 6.07) is 0.0894. The van der Waals surface area contributed by atoms with Gasteiger partial charge in [-0.1, -0.05) is 0 Å². The summed E-state index contributed by atoms with van der Waals surface area (Å²) in [4.78, 5) is 0. The first-order valence-electron chi connectivity index (χ1n) is 6.25. The van der Waals surface area contributed by atoms with Gasteiger partial charge in [-0.2, -0.15) is 0 Å². The van der Waals surface area contributed by atoms with Crippen LogP contribution in [0, 0.1) is 0 Å². The molecule has 2 atom stereocenters. The van der Waals surface area contributed by atoms with Crippen molar-refractivity contribution < 1.29 is 0 Å². The average molecular weight is 221 g/mol. The van der Waals surface area contributed by atoms with Gasteiger partial charge in [0.2, 0.25) is 0 Å². The van der Waals surface area contributed by atoms with Gasteiger partial charge in [-0.15, -0.1) is 10.2 Å². The second-order valence-corrected chi connectivity index (χ2v) is 4.86. The molecule has 88 valence electrons. The molecule has 0 bridgehead atoms. The zero-order valence-electron chi connectivity index (χ0n) is 9.52. The van der Waals surface area contributed by atoms with Crippen molar-refractivity contribution >= 4 is 0 Å². The smallest absolute Gasteiger partial charge is 0.149 e. The maximum atomic E-state index is 6.05. The van der Waals surface area contributed by atoms with Crippen LogP contribution >= 0.6 is 0 Å². The number of nitrogens with two attached hydrogens (primary N) is 1. The highest BCUT2D eigenvalue weighted by atomic mass is 15.3. The first-order chi connectivity index (χ1) is 7.86. The molecule has 2 aliphatic heterocycles. The van der Waals surface area contributed by atoms with E-state index in [9.17, 15) is 0 Å². The third-order valence-electron chi connectivity index (χ3n) is 3.70. The van der Waals surface area contributed by atoms with Crippen LogP contribution in [-0.2, 0) is 6.54 Å². The van der Waals surface area contributed by atoms with Crippen LogP contribution in [0.25, 0.3) is 0 Å². The molecule has 5 heteroatoms. The second-order valence-electron chi connectivity index (χ2n) is 4.86. The fourth-order valence-electron chi connectivity index (χ4n) is 2.80. The summed E-state index contributed by atoms with van der Waals surface area (Å²) in [6.45, 7) is 3.21. The first-order valence-corrected chi connectivity index (χ1v) is 6.25. The highest BCUT2D eigenvalue weighted by molar-refractivity contribution is 5.08. The molecule has 0 amide bonds. The summed E-state index contributed by atoms with van der Waals surface area (Å²) in [5, 5.41) is 12.1. The van der Waals surface area contributed by atoms with E-state index in [0.29, 0.717) is 5.92 Å². The van der Waals surface area contributed by atoms with Crippen molar-refractivity contribution in [2.24, 2.45) is 5.73 Å². The van der Waals surface area contributed by atoms with Crippen LogP contribution < -0.4 is 11.1 Å². The Morgan fingerprint density at radius 1 is 1.19 bits per heavy atom. The molecule has 1 aromatic heterocycles. The molecule has 5 nitrogen and oxygen atoms in total. The van der Waals surface area contributed by atoms with Gasteiger partial charge in [0.1, 0.15) is 11.6 Å². The lowest BCUT2D eigenvalue weighted by Gasteiger charge is -2.25. The maximum Gasteiger partial charge on any atom is 0.149 e. The summed E-state index contributed by atoms with van der Waals surface area (Å²) in [5.74, 6) is 2.67. The molecule has 1 fully saturated rings. The fourth-order valence-corrected chi connectivity index (χ4v) is 2.80.